The van der Waals surface area contributed by atoms with Gasteiger partial charge in [-0.25, -0.2) is 12.4 Å². The average molecular weight is 628 g/mol. The number of aliphatic hydroxyl groups is 2. The van der Waals surface area contributed by atoms with Crippen LogP contribution in [-0.2, 0) is 32.3 Å². The van der Waals surface area contributed by atoms with Crippen molar-refractivity contribution in [2.75, 3.05) is 13.2 Å². The fourth-order valence-electron chi connectivity index (χ4n) is 6.33. The van der Waals surface area contributed by atoms with E-state index in [2.05, 4.69) is 0 Å². The van der Waals surface area contributed by atoms with Crippen LogP contribution in [0, 0.1) is 0 Å². The van der Waals surface area contributed by atoms with E-state index < -0.39 is 40.2 Å². The normalized spacial score (nSPS) is 23.6. The number of hydrogen-bond donors (Lipinski definition) is 2. The van der Waals surface area contributed by atoms with Crippen molar-refractivity contribution in [1.29, 1.82) is 0 Å². The van der Waals surface area contributed by atoms with E-state index in [1.54, 1.807) is 42.5 Å². The van der Waals surface area contributed by atoms with Gasteiger partial charge < -0.3 is 24.4 Å². The molecule has 1 aliphatic heterocycles. The van der Waals surface area contributed by atoms with E-state index in [9.17, 15) is 18.6 Å². The molecule has 1 aromatic heterocycles. The number of aromatic nitrogens is 1. The van der Waals surface area contributed by atoms with Crippen molar-refractivity contribution in [2.45, 2.75) is 54.7 Å². The van der Waals surface area contributed by atoms with Crippen LogP contribution >= 0.6 is 0 Å². The van der Waals surface area contributed by atoms with Crippen LogP contribution in [0.15, 0.2) is 126 Å². The summed E-state index contributed by atoms with van der Waals surface area (Å²) >= 11 is 0. The molecule has 6 rings (SSSR count). The molecule has 0 radical (unpaired) electrons. The molecule has 8 nitrogen and oxygen atoms in total. The molecular weight excluding hydrogens is 590 g/mol. The van der Waals surface area contributed by atoms with E-state index in [1.807, 2.05) is 79.7 Å². The van der Waals surface area contributed by atoms with Crippen LogP contribution in [0.3, 0.4) is 0 Å². The second-order valence-electron chi connectivity index (χ2n) is 11.5. The van der Waals surface area contributed by atoms with Crippen LogP contribution in [0.1, 0.15) is 24.5 Å². The molecule has 234 valence electrons. The van der Waals surface area contributed by atoms with Gasteiger partial charge in [-0.05, 0) is 42.3 Å². The maximum atomic E-state index is 13.9. The lowest BCUT2D eigenvalue weighted by atomic mass is 9.74. The van der Waals surface area contributed by atoms with Crippen LogP contribution < -0.4 is 4.74 Å². The predicted octanol–water partition coefficient (Wildman–Crippen LogP) is 5.36. The van der Waals surface area contributed by atoms with Crippen molar-refractivity contribution in [3.63, 3.8) is 0 Å². The Morgan fingerprint density at radius 3 is 2.04 bits per heavy atom. The first kappa shape index (κ1) is 31.0. The summed E-state index contributed by atoms with van der Waals surface area (Å²) in [7, 11) is -3.97. The highest BCUT2D eigenvalue weighted by molar-refractivity contribution is 7.90. The maximum Gasteiger partial charge on any atom is 0.268 e. The molecule has 2 heterocycles. The fraction of sp³-hybridized carbons (Fsp3) is 0.278. The second kappa shape index (κ2) is 12.8. The number of fused-ring (bicyclic) bond motifs is 1. The van der Waals surface area contributed by atoms with Gasteiger partial charge in [0.1, 0.15) is 17.5 Å². The van der Waals surface area contributed by atoms with Crippen LogP contribution in [0.2, 0.25) is 0 Å². The van der Waals surface area contributed by atoms with Gasteiger partial charge in [0.25, 0.3) is 10.0 Å². The third kappa shape index (κ3) is 6.14. The van der Waals surface area contributed by atoms with Gasteiger partial charge in [-0.2, -0.15) is 0 Å². The van der Waals surface area contributed by atoms with Gasteiger partial charge in [0.05, 0.1) is 23.2 Å². The smallest absolute Gasteiger partial charge is 0.268 e. The quantitative estimate of drug-likeness (QED) is 0.203. The lowest BCUT2D eigenvalue weighted by Crippen LogP contribution is -2.67. The first-order valence-electron chi connectivity index (χ1n) is 15.1. The van der Waals surface area contributed by atoms with Crippen LogP contribution in [0.4, 0.5) is 0 Å². The van der Waals surface area contributed by atoms with E-state index in [0.29, 0.717) is 16.7 Å². The van der Waals surface area contributed by atoms with Gasteiger partial charge in [-0.3, -0.25) is 0 Å². The Bertz CT molecular complexity index is 1830. The summed E-state index contributed by atoms with van der Waals surface area (Å²) in [6.07, 6.45) is 0.0351. The number of nitrogens with zero attached hydrogens (tertiary/aromatic N) is 1. The van der Waals surface area contributed by atoms with Crippen molar-refractivity contribution in [3.05, 3.63) is 133 Å². The monoisotopic (exact) mass is 627 g/mol. The Balaban J connectivity index is 1.51. The number of aliphatic hydroxyl groups excluding tert-OH is 1. The topological polar surface area (TPSA) is 107 Å². The Morgan fingerprint density at radius 1 is 0.844 bits per heavy atom. The highest BCUT2D eigenvalue weighted by Gasteiger charge is 2.58. The summed E-state index contributed by atoms with van der Waals surface area (Å²) in [6, 6.07) is 34.6. The van der Waals surface area contributed by atoms with Crippen LogP contribution in [-0.4, -0.2) is 59.4 Å². The van der Waals surface area contributed by atoms with Gasteiger partial charge in [0.15, 0.2) is 11.9 Å². The lowest BCUT2D eigenvalue weighted by Gasteiger charge is -2.52. The Labute approximate surface area is 263 Å². The van der Waals surface area contributed by atoms with Gasteiger partial charge in [0.2, 0.25) is 0 Å². The molecule has 1 saturated heterocycles. The molecule has 4 aromatic carbocycles. The molecule has 4 atom stereocenters. The van der Waals surface area contributed by atoms with E-state index in [1.165, 1.54) is 10.2 Å². The van der Waals surface area contributed by atoms with Crippen molar-refractivity contribution in [2.24, 2.45) is 0 Å². The number of ether oxygens (including phenoxy) is 3. The molecule has 0 amide bonds. The summed E-state index contributed by atoms with van der Waals surface area (Å²) in [5, 5.41) is 23.3. The SMILES string of the molecule is CCO[C@H]1O[C@H](CO)[C@](O)(Cc2ccccc2)C[C@@]1(Cc1ccccc1)Oc1cn(S(=O)(=O)c2ccccc2)c2ccccc12. The maximum absolute atomic E-state index is 13.9. The molecule has 5 aromatic rings. The van der Waals surface area contributed by atoms with Crippen LogP contribution in [0.5, 0.6) is 5.75 Å². The zero-order valence-corrected chi connectivity index (χ0v) is 25.8. The first-order chi connectivity index (χ1) is 21.8. The molecule has 9 heteroatoms. The summed E-state index contributed by atoms with van der Waals surface area (Å²) in [5.41, 5.74) is -0.638. The second-order valence-corrected chi connectivity index (χ2v) is 13.3. The zero-order chi connectivity index (χ0) is 31.5. The van der Waals surface area contributed by atoms with E-state index in [4.69, 9.17) is 14.2 Å². The minimum atomic E-state index is -3.97. The van der Waals surface area contributed by atoms with Gasteiger partial charge in [0, 0.05) is 31.3 Å². The summed E-state index contributed by atoms with van der Waals surface area (Å²) in [4.78, 5) is 0.146. The average Bonchev–Trinajstić information content (AvgIpc) is 3.42. The Morgan fingerprint density at radius 2 is 1.42 bits per heavy atom. The van der Waals surface area contributed by atoms with Gasteiger partial charge in [-0.1, -0.05) is 91.0 Å². The number of rotatable bonds is 11. The third-order valence-electron chi connectivity index (χ3n) is 8.36. The van der Waals surface area contributed by atoms with Crippen molar-refractivity contribution in [1.82, 2.24) is 3.97 Å². The molecule has 45 heavy (non-hydrogen) atoms. The molecule has 0 unspecified atom stereocenters. The molecule has 0 aliphatic carbocycles. The largest absolute Gasteiger partial charge is 0.479 e. The number of hydrogen-bond acceptors (Lipinski definition) is 7. The summed E-state index contributed by atoms with van der Waals surface area (Å²) < 4.78 is 48.5. The van der Waals surface area contributed by atoms with E-state index in [-0.39, 0.29) is 30.8 Å². The number of para-hydroxylation sites is 1. The molecule has 0 spiro atoms. The highest BCUT2D eigenvalue weighted by Crippen LogP contribution is 2.45. The van der Waals surface area contributed by atoms with E-state index >= 15 is 0 Å². The standard InChI is InChI=1S/C36H37NO7S/c1-2-42-34-36(23-28-16-8-4-9-17-28,26-35(39,33(25-38)43-34)22-27-14-6-3-7-15-27)44-32-24-37(31-21-13-12-20-30(31)32)45(40,41)29-18-10-5-11-19-29/h3-21,24,33-34,38-39H,2,22-23,25-26H2,1H3/t33-,34+,35+,36-/m1/s1. The molecule has 1 fully saturated rings. The molecule has 2 N–H and O–H groups in total. The van der Waals surface area contributed by atoms with Crippen molar-refractivity contribution < 1.29 is 32.8 Å². The molecule has 1 aliphatic rings. The molecule has 0 saturated carbocycles. The zero-order valence-electron chi connectivity index (χ0n) is 25.0. The van der Waals surface area contributed by atoms with E-state index in [0.717, 1.165) is 11.1 Å². The predicted molar refractivity (Wildman–Crippen MR) is 172 cm³/mol. The summed E-state index contributed by atoms with van der Waals surface area (Å²) in [5.74, 6) is 0.304. The fourth-order valence-corrected chi connectivity index (χ4v) is 7.71. The summed E-state index contributed by atoms with van der Waals surface area (Å²) in [6.45, 7) is 1.70. The molecular formula is C36H37NO7S. The molecule has 0 bridgehead atoms. The minimum Gasteiger partial charge on any atom is -0.479 e. The Hall–Kier alpha value is -3.99. The van der Waals surface area contributed by atoms with Gasteiger partial charge in [-0.15, -0.1) is 0 Å². The first-order valence-corrected chi connectivity index (χ1v) is 16.5. The third-order valence-corrected chi connectivity index (χ3v) is 10.0. The van der Waals surface area contributed by atoms with Crippen LogP contribution in [0.25, 0.3) is 10.9 Å². The highest BCUT2D eigenvalue weighted by atomic mass is 32.2. The Kier molecular flexibility index (Phi) is 8.81. The van der Waals surface area contributed by atoms with Gasteiger partial charge >= 0.3 is 0 Å². The minimum absolute atomic E-state index is 0.0324. The number of benzene rings is 4. The lowest BCUT2D eigenvalue weighted by molar-refractivity contribution is -0.323. The van der Waals surface area contributed by atoms with Crippen molar-refractivity contribution >= 4 is 20.9 Å². The van der Waals surface area contributed by atoms with Crippen molar-refractivity contribution in [3.8, 4) is 5.75 Å².